The van der Waals surface area contributed by atoms with Crippen molar-refractivity contribution in [2.24, 2.45) is 5.92 Å². The van der Waals surface area contributed by atoms with E-state index in [1.165, 1.54) is 12.8 Å². The van der Waals surface area contributed by atoms with Gasteiger partial charge in [0.1, 0.15) is 0 Å². The van der Waals surface area contributed by atoms with Gasteiger partial charge in [0.05, 0.1) is 6.10 Å². The highest BCUT2D eigenvalue weighted by atomic mass is 16.3. The fourth-order valence-electron chi connectivity index (χ4n) is 2.10. The van der Waals surface area contributed by atoms with Gasteiger partial charge < -0.3 is 10.4 Å². The molecular weight excluding hydrogens is 126 g/mol. The minimum Gasteiger partial charge on any atom is -0.393 e. The number of nitrogens with one attached hydrogen (secondary N) is 1. The molecule has 1 aliphatic carbocycles. The topological polar surface area (TPSA) is 32.3 Å². The molecule has 0 aromatic heterocycles. The minimum absolute atomic E-state index is 0.126. The van der Waals surface area contributed by atoms with Crippen molar-refractivity contribution in [3.05, 3.63) is 0 Å². The van der Waals surface area contributed by atoms with Crippen LogP contribution in [-0.4, -0.2) is 23.3 Å². The summed E-state index contributed by atoms with van der Waals surface area (Å²) in [6.07, 6.45) is 3.57. The molecule has 2 nitrogen and oxygen atoms in total. The third kappa shape index (κ3) is 0.867. The minimum atomic E-state index is -0.126. The standard InChI is InChI=1S/C8H15NO/c1-5(10)4-8-6-2-3-7(6)9-8/h5-10H,2-4H2,1H3. The van der Waals surface area contributed by atoms with Gasteiger partial charge in [-0.05, 0) is 32.1 Å². The Morgan fingerprint density at radius 1 is 1.60 bits per heavy atom. The summed E-state index contributed by atoms with van der Waals surface area (Å²) in [6.45, 7) is 1.87. The van der Waals surface area contributed by atoms with Crippen LogP contribution in [-0.2, 0) is 0 Å². The van der Waals surface area contributed by atoms with Gasteiger partial charge in [-0.1, -0.05) is 0 Å². The number of rotatable bonds is 2. The number of aliphatic hydroxyl groups excluding tert-OH is 1. The van der Waals surface area contributed by atoms with Gasteiger partial charge in [-0.25, -0.2) is 0 Å². The fourth-order valence-corrected chi connectivity index (χ4v) is 2.10. The maximum Gasteiger partial charge on any atom is 0.0527 e. The average molecular weight is 141 g/mol. The highest BCUT2D eigenvalue weighted by molar-refractivity contribution is 5.04. The smallest absolute Gasteiger partial charge is 0.0527 e. The lowest BCUT2D eigenvalue weighted by Gasteiger charge is -2.54. The van der Waals surface area contributed by atoms with Gasteiger partial charge >= 0.3 is 0 Å². The van der Waals surface area contributed by atoms with Crippen LogP contribution >= 0.6 is 0 Å². The Morgan fingerprint density at radius 3 is 2.70 bits per heavy atom. The van der Waals surface area contributed by atoms with E-state index >= 15 is 0 Å². The Labute approximate surface area is 61.6 Å². The fraction of sp³-hybridized carbons (Fsp3) is 1.00. The van der Waals surface area contributed by atoms with Crippen molar-refractivity contribution in [2.75, 3.05) is 0 Å². The van der Waals surface area contributed by atoms with Crippen molar-refractivity contribution in [2.45, 2.75) is 44.4 Å². The van der Waals surface area contributed by atoms with Gasteiger partial charge in [-0.2, -0.15) is 0 Å². The van der Waals surface area contributed by atoms with E-state index in [1.807, 2.05) is 6.92 Å². The van der Waals surface area contributed by atoms with Crippen LogP contribution in [0.2, 0.25) is 0 Å². The summed E-state index contributed by atoms with van der Waals surface area (Å²) in [6, 6.07) is 1.46. The zero-order valence-electron chi connectivity index (χ0n) is 6.38. The first kappa shape index (κ1) is 6.62. The van der Waals surface area contributed by atoms with E-state index in [9.17, 15) is 0 Å². The van der Waals surface area contributed by atoms with E-state index in [1.54, 1.807) is 0 Å². The third-order valence-electron chi connectivity index (χ3n) is 2.87. The predicted molar refractivity (Wildman–Crippen MR) is 39.7 cm³/mol. The summed E-state index contributed by atoms with van der Waals surface area (Å²) in [4.78, 5) is 0. The highest BCUT2D eigenvalue weighted by Gasteiger charge is 2.46. The van der Waals surface area contributed by atoms with Gasteiger partial charge in [0.15, 0.2) is 0 Å². The number of aliphatic hydroxyl groups is 1. The van der Waals surface area contributed by atoms with Crippen LogP contribution < -0.4 is 5.32 Å². The Balaban J connectivity index is 1.76. The second kappa shape index (κ2) is 2.21. The molecule has 1 saturated carbocycles. The summed E-state index contributed by atoms with van der Waals surface area (Å²) in [5.41, 5.74) is 0. The highest BCUT2D eigenvalue weighted by Crippen LogP contribution is 2.40. The number of piperidine rings is 1. The van der Waals surface area contributed by atoms with E-state index in [-0.39, 0.29) is 6.10 Å². The van der Waals surface area contributed by atoms with Gasteiger partial charge in [0.2, 0.25) is 0 Å². The SMILES string of the molecule is CC(O)CC1NC2CCC21. The molecule has 0 amide bonds. The van der Waals surface area contributed by atoms with E-state index in [4.69, 9.17) is 5.11 Å². The molecule has 2 rings (SSSR count). The monoisotopic (exact) mass is 141 g/mol. The largest absolute Gasteiger partial charge is 0.393 e. The molecule has 1 heterocycles. The van der Waals surface area contributed by atoms with Gasteiger partial charge in [0, 0.05) is 12.1 Å². The molecule has 1 aliphatic heterocycles. The molecule has 0 aromatic rings. The lowest BCUT2D eigenvalue weighted by atomic mass is 9.66. The van der Waals surface area contributed by atoms with Crippen LogP contribution in [0.3, 0.4) is 0 Å². The van der Waals surface area contributed by atoms with Crippen LogP contribution in [0.25, 0.3) is 0 Å². The van der Waals surface area contributed by atoms with Crippen molar-refractivity contribution in [1.82, 2.24) is 5.32 Å². The zero-order valence-corrected chi connectivity index (χ0v) is 6.38. The molecule has 2 aliphatic rings. The van der Waals surface area contributed by atoms with Crippen LogP contribution in [0, 0.1) is 5.92 Å². The summed E-state index contributed by atoms with van der Waals surface area (Å²) in [7, 11) is 0. The summed E-state index contributed by atoms with van der Waals surface area (Å²) in [5, 5.41) is 12.5. The van der Waals surface area contributed by atoms with E-state index in [0.29, 0.717) is 6.04 Å². The normalized spacial score (nSPS) is 46.8. The maximum atomic E-state index is 9.08. The molecule has 2 fully saturated rings. The predicted octanol–water partition coefficient (Wildman–Crippen LogP) is 0.508. The average Bonchev–Trinajstić information content (AvgIpc) is 1.80. The maximum absolute atomic E-state index is 9.08. The lowest BCUT2D eigenvalue weighted by molar-refractivity contribution is 0.0130. The molecule has 10 heavy (non-hydrogen) atoms. The second-order valence-corrected chi connectivity index (χ2v) is 3.71. The van der Waals surface area contributed by atoms with Crippen LogP contribution in [0.15, 0.2) is 0 Å². The Bertz CT molecular complexity index is 135. The molecule has 0 spiro atoms. The molecular formula is C8H15NO. The van der Waals surface area contributed by atoms with Crippen molar-refractivity contribution in [1.29, 1.82) is 0 Å². The van der Waals surface area contributed by atoms with Crippen molar-refractivity contribution in [3.8, 4) is 0 Å². The van der Waals surface area contributed by atoms with E-state index in [2.05, 4.69) is 5.32 Å². The molecule has 2 N–H and O–H groups in total. The Hall–Kier alpha value is -0.0800. The van der Waals surface area contributed by atoms with Gasteiger partial charge in [-0.15, -0.1) is 0 Å². The third-order valence-corrected chi connectivity index (χ3v) is 2.87. The zero-order chi connectivity index (χ0) is 7.14. The van der Waals surface area contributed by atoms with Crippen LogP contribution in [0.1, 0.15) is 26.2 Å². The van der Waals surface area contributed by atoms with Crippen molar-refractivity contribution in [3.63, 3.8) is 0 Å². The molecule has 0 aromatic carbocycles. The molecule has 0 bridgehead atoms. The summed E-state index contributed by atoms with van der Waals surface area (Å²) < 4.78 is 0. The first-order chi connectivity index (χ1) is 4.77. The lowest BCUT2D eigenvalue weighted by Crippen LogP contribution is -2.67. The van der Waals surface area contributed by atoms with E-state index < -0.39 is 0 Å². The summed E-state index contributed by atoms with van der Waals surface area (Å²) in [5.74, 6) is 0.912. The molecule has 0 radical (unpaired) electrons. The first-order valence-electron chi connectivity index (χ1n) is 4.21. The van der Waals surface area contributed by atoms with Crippen molar-refractivity contribution >= 4 is 0 Å². The van der Waals surface area contributed by atoms with Gasteiger partial charge in [0.25, 0.3) is 0 Å². The molecule has 4 atom stereocenters. The Morgan fingerprint density at radius 2 is 2.40 bits per heavy atom. The number of fused-ring (bicyclic) bond motifs is 1. The molecule has 58 valence electrons. The van der Waals surface area contributed by atoms with E-state index in [0.717, 1.165) is 18.4 Å². The van der Waals surface area contributed by atoms with Crippen LogP contribution in [0.4, 0.5) is 0 Å². The number of hydrogen-bond donors (Lipinski definition) is 2. The van der Waals surface area contributed by atoms with Gasteiger partial charge in [-0.3, -0.25) is 0 Å². The number of hydrogen-bond acceptors (Lipinski definition) is 2. The second-order valence-electron chi connectivity index (χ2n) is 3.71. The summed E-state index contributed by atoms with van der Waals surface area (Å²) >= 11 is 0. The van der Waals surface area contributed by atoms with Crippen molar-refractivity contribution < 1.29 is 5.11 Å². The molecule has 4 unspecified atom stereocenters. The van der Waals surface area contributed by atoms with Crippen LogP contribution in [0.5, 0.6) is 0 Å². The molecule has 1 saturated heterocycles. The Kier molecular flexibility index (Phi) is 1.46. The molecule has 2 heteroatoms. The first-order valence-corrected chi connectivity index (χ1v) is 4.21. The quantitative estimate of drug-likeness (QED) is 0.587.